The first-order chi connectivity index (χ1) is 15.4. The van der Waals surface area contributed by atoms with Crippen LogP contribution in [0.1, 0.15) is 56.1 Å². The van der Waals surface area contributed by atoms with Crippen LogP contribution in [-0.2, 0) is 20.8 Å². The lowest BCUT2D eigenvalue weighted by atomic mass is 9.90. The number of hydrogen-bond acceptors (Lipinski definition) is 4. The molecule has 5 nitrogen and oxygen atoms in total. The van der Waals surface area contributed by atoms with Gasteiger partial charge >= 0.3 is 0 Å². The molecule has 3 rings (SSSR count). The predicted octanol–water partition coefficient (Wildman–Crippen LogP) is 5.20. The van der Waals surface area contributed by atoms with Gasteiger partial charge in [-0.1, -0.05) is 55.3 Å². The van der Waals surface area contributed by atoms with E-state index in [1.807, 2.05) is 30.3 Å². The second kappa shape index (κ2) is 11.3. The van der Waals surface area contributed by atoms with Crippen molar-refractivity contribution < 1.29 is 19.1 Å². The summed E-state index contributed by atoms with van der Waals surface area (Å²) in [5.74, 6) is -0.464. The van der Waals surface area contributed by atoms with Crippen molar-refractivity contribution in [3.05, 3.63) is 64.7 Å². The summed E-state index contributed by atoms with van der Waals surface area (Å²) in [6.07, 6.45) is 3.04. The number of carbonyl (C=O) groups excluding carboxylic acids is 3. The first kappa shape index (κ1) is 24.0. The number of halogens is 1. The number of amides is 2. The molecule has 0 aromatic heterocycles. The zero-order valence-electron chi connectivity index (χ0n) is 18.7. The third-order valence-electron chi connectivity index (χ3n) is 6.06. The summed E-state index contributed by atoms with van der Waals surface area (Å²) < 4.78 is 5.41. The van der Waals surface area contributed by atoms with Crippen molar-refractivity contribution in [1.29, 1.82) is 0 Å². The second-order valence-corrected chi connectivity index (χ2v) is 8.79. The molecule has 2 atom stereocenters. The van der Waals surface area contributed by atoms with E-state index in [0.29, 0.717) is 23.6 Å². The van der Waals surface area contributed by atoms with Crippen molar-refractivity contribution in [2.24, 2.45) is 5.92 Å². The molecule has 0 bridgehead atoms. The Balaban J connectivity index is 1.80. The van der Waals surface area contributed by atoms with Crippen LogP contribution in [-0.4, -0.2) is 36.2 Å². The zero-order chi connectivity index (χ0) is 23.1. The SMILES string of the molecule is CCCC(CC(=O)N1CC(=O)CCC(Cc2cc(Cl)ccc2OC)C1=O)c1ccccc1. The molecule has 0 saturated carbocycles. The molecule has 2 amide bonds. The lowest BCUT2D eigenvalue weighted by molar-refractivity contribution is -0.148. The van der Waals surface area contributed by atoms with Crippen LogP contribution in [0.15, 0.2) is 48.5 Å². The van der Waals surface area contributed by atoms with Crippen molar-refractivity contribution in [2.75, 3.05) is 13.7 Å². The van der Waals surface area contributed by atoms with Gasteiger partial charge in [-0.3, -0.25) is 19.3 Å². The van der Waals surface area contributed by atoms with Crippen LogP contribution >= 0.6 is 11.6 Å². The highest BCUT2D eigenvalue weighted by atomic mass is 35.5. The summed E-state index contributed by atoms with van der Waals surface area (Å²) in [7, 11) is 1.57. The van der Waals surface area contributed by atoms with Gasteiger partial charge in [0.1, 0.15) is 5.75 Å². The Morgan fingerprint density at radius 3 is 2.62 bits per heavy atom. The summed E-state index contributed by atoms with van der Waals surface area (Å²) in [6, 6.07) is 15.2. The summed E-state index contributed by atoms with van der Waals surface area (Å²) in [4.78, 5) is 40.2. The standard InChI is InChI=1S/C26H30ClNO4/c1-3-7-19(18-8-5-4-6-9-18)16-25(30)28-17-23(29)12-10-20(26(28)31)14-21-15-22(27)11-13-24(21)32-2/h4-6,8-9,11,13,15,19-20H,3,7,10,12,14,16-17H2,1-2H3. The highest BCUT2D eigenvalue weighted by Crippen LogP contribution is 2.30. The van der Waals surface area contributed by atoms with Gasteiger partial charge in [0.15, 0.2) is 5.78 Å². The number of nitrogens with zero attached hydrogens (tertiary/aromatic N) is 1. The second-order valence-electron chi connectivity index (χ2n) is 8.35. The molecular formula is C26H30ClNO4. The predicted molar refractivity (Wildman–Crippen MR) is 125 cm³/mol. The maximum absolute atomic E-state index is 13.4. The highest BCUT2D eigenvalue weighted by Gasteiger charge is 2.35. The lowest BCUT2D eigenvalue weighted by Gasteiger charge is -2.25. The maximum Gasteiger partial charge on any atom is 0.233 e. The first-order valence-electron chi connectivity index (χ1n) is 11.2. The minimum atomic E-state index is -0.473. The number of Topliss-reactive ketones (excluding diaryl/α,β-unsaturated/α-hetero) is 1. The van der Waals surface area contributed by atoms with Gasteiger partial charge in [-0.25, -0.2) is 0 Å². The van der Waals surface area contributed by atoms with Crippen LogP contribution in [0.3, 0.4) is 0 Å². The fourth-order valence-electron chi connectivity index (χ4n) is 4.37. The van der Waals surface area contributed by atoms with E-state index in [1.54, 1.807) is 25.3 Å². The number of benzene rings is 2. The van der Waals surface area contributed by atoms with Gasteiger partial charge in [0.2, 0.25) is 11.8 Å². The number of rotatable bonds is 8. The first-order valence-corrected chi connectivity index (χ1v) is 11.5. The minimum Gasteiger partial charge on any atom is -0.496 e. The topological polar surface area (TPSA) is 63.7 Å². The maximum atomic E-state index is 13.4. The van der Waals surface area contributed by atoms with Gasteiger partial charge in [0.25, 0.3) is 0 Å². The van der Waals surface area contributed by atoms with Crippen molar-refractivity contribution in [2.45, 2.75) is 51.4 Å². The summed E-state index contributed by atoms with van der Waals surface area (Å²) >= 11 is 6.15. The molecule has 0 radical (unpaired) electrons. The molecule has 1 saturated heterocycles. The monoisotopic (exact) mass is 455 g/mol. The summed E-state index contributed by atoms with van der Waals surface area (Å²) in [5, 5.41) is 0.552. The fraction of sp³-hybridized carbons (Fsp3) is 0.423. The molecule has 0 aliphatic carbocycles. The van der Waals surface area contributed by atoms with Gasteiger partial charge in [-0.15, -0.1) is 0 Å². The molecule has 2 unspecified atom stereocenters. The normalized spacial score (nSPS) is 17.7. The number of imide groups is 1. The van der Waals surface area contributed by atoms with Gasteiger partial charge in [0.05, 0.1) is 13.7 Å². The quantitative estimate of drug-likeness (QED) is 0.548. The van der Waals surface area contributed by atoms with Crippen molar-refractivity contribution in [3.63, 3.8) is 0 Å². The van der Waals surface area contributed by atoms with Crippen LogP contribution < -0.4 is 4.74 Å². The molecule has 2 aromatic rings. The molecule has 0 spiro atoms. The van der Waals surface area contributed by atoms with Crippen molar-refractivity contribution in [3.8, 4) is 5.75 Å². The number of carbonyl (C=O) groups is 3. The molecule has 0 N–H and O–H groups in total. The van der Waals surface area contributed by atoms with Crippen LogP contribution in [0.25, 0.3) is 0 Å². The number of ketones is 1. The molecule has 2 aromatic carbocycles. The highest BCUT2D eigenvalue weighted by molar-refractivity contribution is 6.30. The number of methoxy groups -OCH3 is 1. The van der Waals surface area contributed by atoms with E-state index in [-0.39, 0.29) is 42.9 Å². The molecular weight excluding hydrogens is 426 g/mol. The van der Waals surface area contributed by atoms with E-state index in [4.69, 9.17) is 16.3 Å². The smallest absolute Gasteiger partial charge is 0.233 e. The molecule has 1 heterocycles. The lowest BCUT2D eigenvalue weighted by Crippen LogP contribution is -2.42. The van der Waals surface area contributed by atoms with Crippen LogP contribution in [0.2, 0.25) is 5.02 Å². The average Bonchev–Trinajstić information content (AvgIpc) is 2.93. The van der Waals surface area contributed by atoms with Gasteiger partial charge in [0, 0.05) is 23.8 Å². The average molecular weight is 456 g/mol. The van der Waals surface area contributed by atoms with E-state index in [0.717, 1.165) is 24.0 Å². The van der Waals surface area contributed by atoms with E-state index >= 15 is 0 Å². The molecule has 170 valence electrons. The molecule has 1 aliphatic rings. The number of likely N-dealkylation sites (tertiary alicyclic amines) is 1. The Hall–Kier alpha value is -2.66. The Bertz CT molecular complexity index is 960. The van der Waals surface area contributed by atoms with E-state index in [2.05, 4.69) is 6.92 Å². The summed E-state index contributed by atoms with van der Waals surface area (Å²) in [5.41, 5.74) is 1.88. The Morgan fingerprint density at radius 2 is 1.94 bits per heavy atom. The Morgan fingerprint density at radius 1 is 1.19 bits per heavy atom. The molecule has 1 fully saturated rings. The molecule has 6 heteroatoms. The third kappa shape index (κ3) is 5.98. The van der Waals surface area contributed by atoms with Gasteiger partial charge < -0.3 is 4.74 Å². The van der Waals surface area contributed by atoms with E-state index in [1.165, 1.54) is 4.90 Å². The largest absolute Gasteiger partial charge is 0.496 e. The number of ether oxygens (including phenoxy) is 1. The van der Waals surface area contributed by atoms with E-state index in [9.17, 15) is 14.4 Å². The number of hydrogen-bond donors (Lipinski definition) is 0. The van der Waals surface area contributed by atoms with E-state index < -0.39 is 5.92 Å². The molecule has 32 heavy (non-hydrogen) atoms. The van der Waals surface area contributed by atoms with Gasteiger partial charge in [-0.2, -0.15) is 0 Å². The summed E-state index contributed by atoms with van der Waals surface area (Å²) in [6.45, 7) is 1.93. The minimum absolute atomic E-state index is 0.0197. The fourth-order valence-corrected chi connectivity index (χ4v) is 4.56. The van der Waals surface area contributed by atoms with Crippen molar-refractivity contribution in [1.82, 2.24) is 4.90 Å². The van der Waals surface area contributed by atoms with Gasteiger partial charge in [-0.05, 0) is 54.5 Å². The Kier molecular flexibility index (Phi) is 8.46. The third-order valence-corrected chi connectivity index (χ3v) is 6.30. The Labute approximate surface area is 194 Å². The van der Waals surface area contributed by atoms with Crippen LogP contribution in [0, 0.1) is 5.92 Å². The van der Waals surface area contributed by atoms with Crippen molar-refractivity contribution >= 4 is 29.2 Å². The molecule has 1 aliphatic heterocycles. The van der Waals surface area contributed by atoms with Crippen LogP contribution in [0.5, 0.6) is 5.75 Å². The van der Waals surface area contributed by atoms with Crippen LogP contribution in [0.4, 0.5) is 0 Å². The zero-order valence-corrected chi connectivity index (χ0v) is 19.4.